The van der Waals surface area contributed by atoms with Crippen molar-refractivity contribution < 1.29 is 0 Å². The molecule has 1 aliphatic heterocycles. The second kappa shape index (κ2) is 8.07. The summed E-state index contributed by atoms with van der Waals surface area (Å²) in [7, 11) is 0. The smallest absolute Gasteiger partial charge is 0.163 e. The van der Waals surface area contributed by atoms with Gasteiger partial charge in [-0.15, -0.1) is 0 Å². The lowest BCUT2D eigenvalue weighted by Gasteiger charge is -2.30. The number of rotatable bonds is 4. The van der Waals surface area contributed by atoms with Gasteiger partial charge in [0.15, 0.2) is 5.82 Å². The standard InChI is InChI=1S/C26H21N9/c1-2-16(3-1)20-13-28-14-22-23(20)26(35-8-6-27-7-9-35)34-25(33-22)18-4-5-31-24-19(18)10-21(32-24)17-11-29-15-30-12-17/h1-5,10-15,27H,6-9H2,(H,31,32). The molecule has 1 aliphatic carbocycles. The number of nitrogens with one attached hydrogen (secondary N) is 2. The van der Waals surface area contributed by atoms with Crippen molar-refractivity contribution in [2.45, 2.75) is 0 Å². The van der Waals surface area contributed by atoms with Gasteiger partial charge in [0.05, 0.1) is 22.8 Å². The molecule has 5 aromatic heterocycles. The van der Waals surface area contributed by atoms with E-state index in [0.29, 0.717) is 5.82 Å². The molecule has 1 saturated heterocycles. The van der Waals surface area contributed by atoms with Crippen molar-refractivity contribution in [1.82, 2.24) is 40.2 Å². The zero-order valence-electron chi connectivity index (χ0n) is 18.8. The van der Waals surface area contributed by atoms with E-state index in [4.69, 9.17) is 9.97 Å². The van der Waals surface area contributed by atoms with Crippen molar-refractivity contribution in [2.75, 3.05) is 31.1 Å². The molecule has 6 heterocycles. The minimum atomic E-state index is 0.658. The summed E-state index contributed by atoms with van der Waals surface area (Å²) in [5.41, 5.74) is 6.54. The number of pyridine rings is 2. The number of hydrogen-bond donors (Lipinski definition) is 2. The van der Waals surface area contributed by atoms with Crippen LogP contribution >= 0.6 is 0 Å². The second-order valence-corrected chi connectivity index (χ2v) is 8.60. The van der Waals surface area contributed by atoms with Crippen LogP contribution in [0.15, 0.2) is 67.7 Å². The lowest BCUT2D eigenvalue weighted by atomic mass is 9.97. The number of aromatic nitrogens is 7. The van der Waals surface area contributed by atoms with Gasteiger partial charge >= 0.3 is 0 Å². The van der Waals surface area contributed by atoms with Crippen LogP contribution in [0.5, 0.6) is 0 Å². The fraction of sp³-hybridized carbons (Fsp3) is 0.154. The lowest BCUT2D eigenvalue weighted by molar-refractivity contribution is 0.586. The van der Waals surface area contributed by atoms with Gasteiger partial charge in [0, 0.05) is 73.0 Å². The zero-order chi connectivity index (χ0) is 23.2. The predicted molar refractivity (Wildman–Crippen MR) is 136 cm³/mol. The number of hydrogen-bond acceptors (Lipinski definition) is 8. The van der Waals surface area contributed by atoms with Gasteiger partial charge in [-0.25, -0.2) is 24.9 Å². The molecular weight excluding hydrogens is 438 g/mol. The normalized spacial score (nSPS) is 15.4. The van der Waals surface area contributed by atoms with E-state index >= 15 is 0 Å². The van der Waals surface area contributed by atoms with Crippen LogP contribution in [0.25, 0.3) is 50.2 Å². The highest BCUT2D eigenvalue weighted by Gasteiger charge is 2.22. The van der Waals surface area contributed by atoms with Crippen LogP contribution in [0.2, 0.25) is 0 Å². The Morgan fingerprint density at radius 2 is 1.77 bits per heavy atom. The van der Waals surface area contributed by atoms with Gasteiger partial charge in [-0.1, -0.05) is 18.2 Å². The fourth-order valence-electron chi connectivity index (χ4n) is 4.70. The number of aromatic amines is 1. The highest BCUT2D eigenvalue weighted by atomic mass is 15.2. The third kappa shape index (κ3) is 3.36. The van der Waals surface area contributed by atoms with E-state index in [1.807, 2.05) is 24.5 Å². The monoisotopic (exact) mass is 459 g/mol. The van der Waals surface area contributed by atoms with E-state index in [-0.39, 0.29) is 0 Å². The molecule has 7 rings (SSSR count). The Bertz CT molecular complexity index is 1630. The summed E-state index contributed by atoms with van der Waals surface area (Å²) in [5, 5.41) is 5.43. The Morgan fingerprint density at radius 3 is 2.57 bits per heavy atom. The summed E-state index contributed by atoms with van der Waals surface area (Å²) in [4.78, 5) is 33.2. The van der Waals surface area contributed by atoms with Gasteiger partial charge in [-0.3, -0.25) is 4.98 Å². The first-order valence-corrected chi connectivity index (χ1v) is 11.6. The van der Waals surface area contributed by atoms with E-state index in [1.165, 1.54) is 6.33 Å². The van der Waals surface area contributed by atoms with Crippen LogP contribution < -0.4 is 10.2 Å². The van der Waals surface area contributed by atoms with Gasteiger partial charge in [0.2, 0.25) is 0 Å². The van der Waals surface area contributed by atoms with Crippen LogP contribution in [0.3, 0.4) is 0 Å². The Morgan fingerprint density at radius 1 is 0.914 bits per heavy atom. The van der Waals surface area contributed by atoms with Gasteiger partial charge in [-0.05, 0) is 17.7 Å². The largest absolute Gasteiger partial charge is 0.353 e. The van der Waals surface area contributed by atoms with Crippen molar-refractivity contribution in [1.29, 1.82) is 0 Å². The Kier molecular flexibility index (Phi) is 4.59. The SMILES string of the molecule is C1=CC(c2cncc3nc(-c4ccnc5[nH]c(-c6cncnc6)cc45)nc(N4CCNCC4)c23)=C1. The van der Waals surface area contributed by atoms with Crippen LogP contribution in [0.1, 0.15) is 5.56 Å². The first kappa shape index (κ1) is 19.9. The third-order valence-corrected chi connectivity index (χ3v) is 6.51. The molecule has 5 aromatic rings. The molecule has 170 valence electrons. The van der Waals surface area contributed by atoms with Crippen molar-refractivity contribution >= 4 is 33.3 Å². The average molecular weight is 460 g/mol. The van der Waals surface area contributed by atoms with Crippen molar-refractivity contribution in [3.63, 3.8) is 0 Å². The number of piperazine rings is 1. The number of allylic oxidation sites excluding steroid dienone is 4. The summed E-state index contributed by atoms with van der Waals surface area (Å²) in [6.45, 7) is 3.61. The Labute approximate surface area is 200 Å². The summed E-state index contributed by atoms with van der Waals surface area (Å²) in [5.74, 6) is 1.60. The lowest BCUT2D eigenvalue weighted by Crippen LogP contribution is -2.44. The van der Waals surface area contributed by atoms with Gasteiger partial charge in [-0.2, -0.15) is 0 Å². The zero-order valence-corrected chi connectivity index (χ0v) is 18.8. The van der Waals surface area contributed by atoms with Crippen molar-refractivity contribution in [2.24, 2.45) is 0 Å². The number of H-pyrrole nitrogens is 1. The molecule has 0 radical (unpaired) electrons. The first-order chi connectivity index (χ1) is 17.3. The summed E-state index contributed by atoms with van der Waals surface area (Å²) in [6.07, 6.45) is 16.9. The van der Waals surface area contributed by atoms with Crippen LogP contribution in [0.4, 0.5) is 5.82 Å². The number of fused-ring (bicyclic) bond motifs is 2. The van der Waals surface area contributed by atoms with E-state index in [2.05, 4.69) is 53.4 Å². The maximum absolute atomic E-state index is 5.17. The van der Waals surface area contributed by atoms with Gasteiger partial charge in [0.1, 0.15) is 17.8 Å². The molecule has 9 heteroatoms. The topological polar surface area (TPSA) is 108 Å². The van der Waals surface area contributed by atoms with E-state index in [1.54, 1.807) is 18.6 Å². The van der Waals surface area contributed by atoms with Crippen LogP contribution in [-0.2, 0) is 0 Å². The first-order valence-electron chi connectivity index (χ1n) is 11.6. The third-order valence-electron chi connectivity index (χ3n) is 6.51. The molecule has 0 unspecified atom stereocenters. The molecule has 9 nitrogen and oxygen atoms in total. The quantitative estimate of drug-likeness (QED) is 0.421. The average Bonchev–Trinajstić information content (AvgIpc) is 3.33. The highest BCUT2D eigenvalue weighted by Crippen LogP contribution is 2.36. The maximum Gasteiger partial charge on any atom is 0.163 e. The summed E-state index contributed by atoms with van der Waals surface area (Å²) in [6, 6.07) is 4.03. The number of nitrogens with zero attached hydrogens (tertiary/aromatic N) is 7. The molecule has 0 amide bonds. The minimum Gasteiger partial charge on any atom is -0.353 e. The maximum atomic E-state index is 5.17. The molecule has 35 heavy (non-hydrogen) atoms. The molecule has 0 atom stereocenters. The second-order valence-electron chi connectivity index (χ2n) is 8.60. The molecular formula is C26H21N9. The van der Waals surface area contributed by atoms with E-state index < -0.39 is 0 Å². The molecule has 0 saturated carbocycles. The Hall–Kier alpha value is -4.50. The molecule has 2 aliphatic rings. The van der Waals surface area contributed by atoms with Crippen LogP contribution in [-0.4, -0.2) is 61.1 Å². The summed E-state index contributed by atoms with van der Waals surface area (Å²) < 4.78 is 0. The van der Waals surface area contributed by atoms with Crippen LogP contribution in [0, 0.1) is 0 Å². The highest BCUT2D eigenvalue weighted by molar-refractivity contribution is 6.03. The molecule has 2 N–H and O–H groups in total. The van der Waals surface area contributed by atoms with Gasteiger partial charge in [0.25, 0.3) is 0 Å². The van der Waals surface area contributed by atoms with E-state index in [0.717, 1.165) is 81.9 Å². The van der Waals surface area contributed by atoms with E-state index in [9.17, 15) is 0 Å². The summed E-state index contributed by atoms with van der Waals surface area (Å²) >= 11 is 0. The molecule has 0 spiro atoms. The molecule has 1 fully saturated rings. The van der Waals surface area contributed by atoms with Crippen molar-refractivity contribution in [3.8, 4) is 22.6 Å². The predicted octanol–water partition coefficient (Wildman–Crippen LogP) is 3.39. The van der Waals surface area contributed by atoms with Gasteiger partial charge < -0.3 is 15.2 Å². The minimum absolute atomic E-state index is 0.658. The molecule has 0 aromatic carbocycles. The Balaban J connectivity index is 1.44. The fourth-order valence-corrected chi connectivity index (χ4v) is 4.70. The number of anilines is 1. The van der Waals surface area contributed by atoms with Crippen molar-refractivity contribution in [3.05, 3.63) is 73.2 Å². The molecule has 0 bridgehead atoms.